The first-order chi connectivity index (χ1) is 13.5. The average Bonchev–Trinajstić information content (AvgIpc) is 2.95. The maximum atomic E-state index is 13.0. The molecular formula is C21H30ClF2N3OS. The lowest BCUT2D eigenvalue weighted by Gasteiger charge is -2.24. The largest absolute Gasteiger partial charge is 0.350 e. The summed E-state index contributed by atoms with van der Waals surface area (Å²) in [4.78, 5) is 19.6. The molecule has 0 radical (unpaired) electrons. The normalized spacial score (nSPS) is 23.9. The third-order valence-corrected chi connectivity index (χ3v) is 6.83. The van der Waals surface area contributed by atoms with E-state index < -0.39 is 13.3 Å². The number of amides is 1. The van der Waals surface area contributed by atoms with Gasteiger partial charge in [-0.1, -0.05) is 44.0 Å². The Kier molecular flexibility index (Phi) is 9.21. The van der Waals surface area contributed by atoms with E-state index in [1.807, 2.05) is 7.05 Å². The van der Waals surface area contributed by atoms with Crippen LogP contribution in [-0.2, 0) is 18.1 Å². The summed E-state index contributed by atoms with van der Waals surface area (Å²) >= 11 is 1.73. The van der Waals surface area contributed by atoms with Gasteiger partial charge in [-0.25, -0.2) is 8.78 Å². The molecule has 1 aliphatic heterocycles. The zero-order valence-electron chi connectivity index (χ0n) is 17.0. The van der Waals surface area contributed by atoms with Gasteiger partial charge in [-0.05, 0) is 36.1 Å². The van der Waals surface area contributed by atoms with Crippen molar-refractivity contribution in [2.75, 3.05) is 12.4 Å². The number of amidine groups is 1. The van der Waals surface area contributed by atoms with E-state index in [0.717, 1.165) is 18.0 Å². The Bertz CT molecular complexity index is 706. The zero-order valence-corrected chi connectivity index (χ0v) is 18.6. The Morgan fingerprint density at radius 3 is 2.38 bits per heavy atom. The van der Waals surface area contributed by atoms with Crippen molar-refractivity contribution in [3.8, 4) is 0 Å². The number of hydrogen-bond donors (Lipinski definition) is 1. The topological polar surface area (TPSA) is 44.7 Å². The third-order valence-electron chi connectivity index (χ3n) is 5.54. The second kappa shape index (κ2) is 11.2. The quantitative estimate of drug-likeness (QED) is 0.628. The molecule has 1 N–H and O–H groups in total. The van der Waals surface area contributed by atoms with E-state index in [2.05, 4.69) is 17.1 Å². The van der Waals surface area contributed by atoms with Crippen LogP contribution in [0, 0.1) is 0 Å². The molecule has 2 aliphatic rings. The van der Waals surface area contributed by atoms with E-state index >= 15 is 0 Å². The lowest BCUT2D eigenvalue weighted by atomic mass is 9.96. The Hall–Kier alpha value is -1.34. The highest BCUT2D eigenvalue weighted by atomic mass is 35.5. The Morgan fingerprint density at radius 1 is 1.17 bits per heavy atom. The average molecular weight is 446 g/mol. The lowest BCUT2D eigenvalue weighted by Crippen LogP contribution is -2.36. The minimum Gasteiger partial charge on any atom is -0.350 e. The van der Waals surface area contributed by atoms with Crippen molar-refractivity contribution in [1.82, 2.24) is 4.90 Å². The number of aliphatic imine (C=N–C) groups is 1. The molecule has 29 heavy (non-hydrogen) atoms. The molecule has 2 atom stereocenters. The number of alkyl halides is 2. The number of nitrogens with zero attached hydrogens (tertiary/aromatic N) is 2. The van der Waals surface area contributed by atoms with Crippen LogP contribution in [0.3, 0.4) is 0 Å². The smallest absolute Gasteiger partial charge is 0.226 e. The van der Waals surface area contributed by atoms with E-state index in [1.54, 1.807) is 23.9 Å². The molecule has 2 fully saturated rings. The van der Waals surface area contributed by atoms with E-state index in [9.17, 15) is 13.6 Å². The van der Waals surface area contributed by atoms with Gasteiger partial charge in [0, 0.05) is 24.4 Å². The molecule has 0 spiro atoms. The van der Waals surface area contributed by atoms with Gasteiger partial charge in [-0.2, -0.15) is 0 Å². The highest BCUT2D eigenvalue weighted by molar-refractivity contribution is 8.14. The van der Waals surface area contributed by atoms with Crippen molar-refractivity contribution in [2.45, 2.75) is 76.1 Å². The monoisotopic (exact) mass is 445 g/mol. The molecule has 162 valence electrons. The van der Waals surface area contributed by atoms with E-state index in [-0.39, 0.29) is 29.6 Å². The Morgan fingerprint density at radius 2 is 1.79 bits per heavy atom. The number of nitrogens with one attached hydrogen (secondary N) is 1. The number of anilines is 1. The van der Waals surface area contributed by atoms with Crippen LogP contribution in [-0.4, -0.2) is 40.4 Å². The SMILES string of the molecule is CC1SC(=NC2CCCCC2)N(C)C1CC(=O)Nc1cc(CF)cc(CF)c1.Cl. The zero-order chi connectivity index (χ0) is 20.1. The molecule has 0 bridgehead atoms. The molecule has 4 nitrogen and oxygen atoms in total. The summed E-state index contributed by atoms with van der Waals surface area (Å²) in [5.41, 5.74) is 1.19. The molecule has 8 heteroatoms. The van der Waals surface area contributed by atoms with Crippen molar-refractivity contribution >= 4 is 40.9 Å². The summed E-state index contributed by atoms with van der Waals surface area (Å²) in [7, 11) is 2.00. The van der Waals surface area contributed by atoms with Crippen molar-refractivity contribution in [3.05, 3.63) is 29.3 Å². The van der Waals surface area contributed by atoms with E-state index in [4.69, 9.17) is 4.99 Å². The standard InChI is InChI=1S/C21H29F2N3OS.ClH/c1-14-19(26(2)21(28-14)25-17-6-4-3-5-7-17)11-20(27)24-18-9-15(12-22)8-16(10-18)13-23;/h8-10,14,17,19H,3-7,11-13H2,1-2H3,(H,24,27);1H. The number of rotatable bonds is 6. The molecule has 2 unspecified atom stereocenters. The van der Waals surface area contributed by atoms with Gasteiger partial charge in [0.1, 0.15) is 13.3 Å². The summed E-state index contributed by atoms with van der Waals surface area (Å²) in [6, 6.07) is 5.05. The van der Waals surface area contributed by atoms with Gasteiger partial charge in [0.25, 0.3) is 0 Å². The number of halogens is 3. The number of thioether (sulfide) groups is 1. The summed E-state index contributed by atoms with van der Waals surface area (Å²) in [5.74, 6) is -0.149. The molecule has 1 aliphatic carbocycles. The minimum atomic E-state index is -0.684. The van der Waals surface area contributed by atoms with Crippen LogP contribution in [0.4, 0.5) is 14.5 Å². The van der Waals surface area contributed by atoms with Gasteiger partial charge in [0.15, 0.2) is 5.17 Å². The minimum absolute atomic E-state index is 0. The van der Waals surface area contributed by atoms with Crippen LogP contribution in [0.15, 0.2) is 23.2 Å². The second-order valence-electron chi connectivity index (χ2n) is 7.76. The van der Waals surface area contributed by atoms with E-state index in [0.29, 0.717) is 29.3 Å². The molecule has 1 amide bonds. The van der Waals surface area contributed by atoms with Crippen LogP contribution < -0.4 is 5.32 Å². The predicted molar refractivity (Wildman–Crippen MR) is 119 cm³/mol. The second-order valence-corrected chi connectivity index (χ2v) is 9.11. The van der Waals surface area contributed by atoms with Gasteiger partial charge in [0.2, 0.25) is 5.91 Å². The van der Waals surface area contributed by atoms with Crippen LogP contribution >= 0.6 is 24.2 Å². The first-order valence-corrected chi connectivity index (χ1v) is 10.9. The van der Waals surface area contributed by atoms with Gasteiger partial charge in [-0.3, -0.25) is 9.79 Å². The molecule has 3 rings (SSSR count). The van der Waals surface area contributed by atoms with Crippen LogP contribution in [0.5, 0.6) is 0 Å². The highest BCUT2D eigenvalue weighted by Crippen LogP contribution is 2.34. The molecule has 1 aromatic rings. The Labute approximate surface area is 182 Å². The van der Waals surface area contributed by atoms with Gasteiger partial charge >= 0.3 is 0 Å². The predicted octanol–water partition coefficient (Wildman–Crippen LogP) is 5.50. The fourth-order valence-corrected chi connectivity index (χ4v) is 5.25. The van der Waals surface area contributed by atoms with Gasteiger partial charge < -0.3 is 10.2 Å². The van der Waals surface area contributed by atoms with Crippen molar-refractivity contribution in [3.63, 3.8) is 0 Å². The molecule has 1 aromatic carbocycles. The van der Waals surface area contributed by atoms with Crippen molar-refractivity contribution < 1.29 is 13.6 Å². The van der Waals surface area contributed by atoms with Gasteiger partial charge in [0.05, 0.1) is 12.1 Å². The number of benzene rings is 1. The fraction of sp³-hybridized carbons (Fsp3) is 0.619. The lowest BCUT2D eigenvalue weighted by molar-refractivity contribution is -0.117. The first kappa shape index (κ1) is 23.9. The molecule has 1 saturated carbocycles. The molecule has 1 heterocycles. The summed E-state index contributed by atoms with van der Waals surface area (Å²) in [5, 5.41) is 4.09. The summed E-state index contributed by atoms with van der Waals surface area (Å²) < 4.78 is 25.9. The molecule has 1 saturated heterocycles. The fourth-order valence-electron chi connectivity index (χ4n) is 3.97. The van der Waals surface area contributed by atoms with Crippen LogP contribution in [0.2, 0.25) is 0 Å². The van der Waals surface area contributed by atoms with Gasteiger partial charge in [-0.15, -0.1) is 12.4 Å². The number of carbonyl (C=O) groups excluding carboxylic acids is 1. The molecule has 0 aromatic heterocycles. The number of hydrogen-bond acceptors (Lipinski definition) is 3. The van der Waals surface area contributed by atoms with Crippen molar-refractivity contribution in [1.29, 1.82) is 0 Å². The number of carbonyl (C=O) groups is 1. The highest BCUT2D eigenvalue weighted by Gasteiger charge is 2.36. The van der Waals surface area contributed by atoms with Crippen molar-refractivity contribution in [2.24, 2.45) is 4.99 Å². The van der Waals surface area contributed by atoms with E-state index in [1.165, 1.54) is 25.3 Å². The first-order valence-electron chi connectivity index (χ1n) is 10.0. The summed E-state index contributed by atoms with van der Waals surface area (Å²) in [6.07, 6.45) is 6.42. The molecular weight excluding hydrogens is 416 g/mol. The summed E-state index contributed by atoms with van der Waals surface area (Å²) in [6.45, 7) is 0.751. The van der Waals surface area contributed by atoms with Crippen LogP contribution in [0.1, 0.15) is 56.6 Å². The third kappa shape index (κ3) is 6.32. The Balaban J connectivity index is 0.00000300. The maximum Gasteiger partial charge on any atom is 0.226 e. The maximum absolute atomic E-state index is 13.0. The van der Waals surface area contributed by atoms with Crippen LogP contribution in [0.25, 0.3) is 0 Å².